The molecular weight excluding hydrogens is 236 g/mol. The van der Waals surface area contributed by atoms with Gasteiger partial charge in [-0.3, -0.25) is 4.90 Å². The lowest BCUT2D eigenvalue weighted by Crippen LogP contribution is -2.46. The molecule has 2 rings (SSSR count). The monoisotopic (exact) mass is 256 g/mol. The largest absolute Gasteiger partial charge is 0.308 e. The van der Waals surface area contributed by atoms with Gasteiger partial charge in [0, 0.05) is 44.9 Å². The van der Waals surface area contributed by atoms with Gasteiger partial charge in [0.1, 0.15) is 0 Å². The van der Waals surface area contributed by atoms with Crippen molar-refractivity contribution < 1.29 is 0 Å². The first-order chi connectivity index (χ1) is 9.17. The van der Waals surface area contributed by atoms with E-state index in [4.69, 9.17) is 10.7 Å². The lowest BCUT2D eigenvalue weighted by molar-refractivity contribution is 0.170. The Balaban J connectivity index is 1.82. The molecule has 0 radical (unpaired) electrons. The van der Waals surface area contributed by atoms with Gasteiger partial charge in [0.15, 0.2) is 0 Å². The van der Waals surface area contributed by atoms with Crippen LogP contribution in [0.25, 0.3) is 0 Å². The van der Waals surface area contributed by atoms with Gasteiger partial charge in [-0.1, -0.05) is 12.1 Å². The SMILES string of the molecule is CN1CCN(CC(=N)Cc2ccc(C#N)cc2)CC1. The molecule has 4 heteroatoms. The average molecular weight is 256 g/mol. The first kappa shape index (κ1) is 13.7. The maximum Gasteiger partial charge on any atom is 0.0991 e. The van der Waals surface area contributed by atoms with Crippen molar-refractivity contribution in [1.29, 1.82) is 10.7 Å². The molecule has 100 valence electrons. The Morgan fingerprint density at radius 3 is 2.42 bits per heavy atom. The fraction of sp³-hybridized carbons (Fsp3) is 0.467. The number of rotatable bonds is 4. The highest BCUT2D eigenvalue weighted by Gasteiger charge is 2.14. The van der Waals surface area contributed by atoms with Crippen LogP contribution < -0.4 is 0 Å². The van der Waals surface area contributed by atoms with Gasteiger partial charge >= 0.3 is 0 Å². The summed E-state index contributed by atoms with van der Waals surface area (Å²) >= 11 is 0. The summed E-state index contributed by atoms with van der Waals surface area (Å²) in [6, 6.07) is 9.63. The molecule has 1 aliphatic heterocycles. The Bertz CT molecular complexity index is 464. The Hall–Kier alpha value is -1.70. The molecule has 1 heterocycles. The van der Waals surface area contributed by atoms with E-state index >= 15 is 0 Å². The van der Waals surface area contributed by atoms with E-state index in [0.29, 0.717) is 12.0 Å². The van der Waals surface area contributed by atoms with Crippen LogP contribution in [0.2, 0.25) is 0 Å². The van der Waals surface area contributed by atoms with Gasteiger partial charge in [-0.2, -0.15) is 5.26 Å². The van der Waals surface area contributed by atoms with Gasteiger partial charge in [-0.15, -0.1) is 0 Å². The molecule has 0 bridgehead atoms. The molecular formula is C15H20N4. The number of piperazine rings is 1. The van der Waals surface area contributed by atoms with Crippen LogP contribution in [0.4, 0.5) is 0 Å². The van der Waals surface area contributed by atoms with Crippen molar-refractivity contribution in [1.82, 2.24) is 9.80 Å². The standard InChI is InChI=1S/C15H20N4/c1-18-6-8-19(9-7-18)12-15(17)10-13-2-4-14(11-16)5-3-13/h2-5,17H,6-10,12H2,1H3. The van der Waals surface area contributed by atoms with Crippen LogP contribution in [0, 0.1) is 16.7 Å². The Morgan fingerprint density at radius 1 is 1.21 bits per heavy atom. The number of hydrogen-bond acceptors (Lipinski definition) is 4. The van der Waals surface area contributed by atoms with Crippen LogP contribution in [0.5, 0.6) is 0 Å². The summed E-state index contributed by atoms with van der Waals surface area (Å²) in [5.74, 6) is 0. The molecule has 1 fully saturated rings. The molecule has 0 aliphatic carbocycles. The Kier molecular flexibility index (Phi) is 4.67. The van der Waals surface area contributed by atoms with Crippen LogP contribution in [0.3, 0.4) is 0 Å². The van der Waals surface area contributed by atoms with E-state index in [0.717, 1.165) is 44.0 Å². The second-order valence-corrected chi connectivity index (χ2v) is 5.17. The lowest BCUT2D eigenvalue weighted by Gasteiger charge is -2.32. The molecule has 0 aromatic heterocycles. The number of hydrogen-bond donors (Lipinski definition) is 1. The molecule has 1 N–H and O–H groups in total. The minimum Gasteiger partial charge on any atom is -0.308 e. The highest BCUT2D eigenvalue weighted by molar-refractivity contribution is 5.85. The second-order valence-electron chi connectivity index (χ2n) is 5.17. The smallest absolute Gasteiger partial charge is 0.0991 e. The second kappa shape index (κ2) is 6.46. The number of nitriles is 1. The van der Waals surface area contributed by atoms with Gasteiger partial charge in [0.05, 0.1) is 11.6 Å². The molecule has 0 spiro atoms. The molecule has 0 saturated carbocycles. The summed E-state index contributed by atoms with van der Waals surface area (Å²) in [4.78, 5) is 4.66. The molecule has 1 aliphatic rings. The Labute approximate surface area is 114 Å². The highest BCUT2D eigenvalue weighted by Crippen LogP contribution is 2.06. The molecule has 1 saturated heterocycles. The maximum atomic E-state index is 8.75. The van der Waals surface area contributed by atoms with Crippen molar-refractivity contribution in [2.24, 2.45) is 0 Å². The summed E-state index contributed by atoms with van der Waals surface area (Å²) in [7, 11) is 2.14. The fourth-order valence-electron chi connectivity index (χ4n) is 2.28. The van der Waals surface area contributed by atoms with Crippen molar-refractivity contribution in [3.8, 4) is 6.07 Å². The van der Waals surface area contributed by atoms with Crippen molar-refractivity contribution in [2.75, 3.05) is 39.8 Å². The molecule has 1 aromatic rings. The van der Waals surface area contributed by atoms with Gasteiger partial charge in [0.25, 0.3) is 0 Å². The minimum atomic E-state index is 0.675. The quantitative estimate of drug-likeness (QED) is 0.828. The summed E-state index contributed by atoms with van der Waals surface area (Å²) in [5, 5.41) is 16.8. The zero-order valence-electron chi connectivity index (χ0n) is 11.4. The fourth-order valence-corrected chi connectivity index (χ4v) is 2.28. The third-order valence-corrected chi connectivity index (χ3v) is 3.51. The average Bonchev–Trinajstić information content (AvgIpc) is 2.42. The van der Waals surface area contributed by atoms with E-state index < -0.39 is 0 Å². The van der Waals surface area contributed by atoms with E-state index in [1.807, 2.05) is 24.3 Å². The maximum absolute atomic E-state index is 8.75. The van der Waals surface area contributed by atoms with Gasteiger partial charge in [-0.25, -0.2) is 0 Å². The topological polar surface area (TPSA) is 54.1 Å². The third-order valence-electron chi connectivity index (χ3n) is 3.51. The number of likely N-dealkylation sites (N-methyl/N-ethyl adjacent to an activating group) is 1. The van der Waals surface area contributed by atoms with Crippen LogP contribution in [-0.2, 0) is 6.42 Å². The van der Waals surface area contributed by atoms with Crippen LogP contribution in [-0.4, -0.2) is 55.3 Å². The van der Waals surface area contributed by atoms with Crippen molar-refractivity contribution in [2.45, 2.75) is 6.42 Å². The van der Waals surface area contributed by atoms with E-state index in [9.17, 15) is 0 Å². The normalized spacial score (nSPS) is 17.1. The molecule has 19 heavy (non-hydrogen) atoms. The van der Waals surface area contributed by atoms with E-state index in [1.165, 1.54) is 0 Å². The number of nitrogens with zero attached hydrogens (tertiary/aromatic N) is 3. The summed E-state index contributed by atoms with van der Waals surface area (Å²) in [6.45, 7) is 5.03. The molecule has 0 atom stereocenters. The van der Waals surface area contributed by atoms with Crippen LogP contribution in [0.1, 0.15) is 11.1 Å². The molecule has 0 unspecified atom stereocenters. The van der Waals surface area contributed by atoms with Crippen molar-refractivity contribution in [3.63, 3.8) is 0 Å². The van der Waals surface area contributed by atoms with Crippen LogP contribution >= 0.6 is 0 Å². The number of nitrogens with one attached hydrogen (secondary N) is 1. The summed E-state index contributed by atoms with van der Waals surface area (Å²) < 4.78 is 0. The first-order valence-electron chi connectivity index (χ1n) is 6.63. The van der Waals surface area contributed by atoms with Crippen molar-refractivity contribution >= 4 is 5.71 Å². The number of benzene rings is 1. The minimum absolute atomic E-state index is 0.675. The first-order valence-corrected chi connectivity index (χ1v) is 6.63. The van der Waals surface area contributed by atoms with E-state index in [1.54, 1.807) is 0 Å². The molecule has 4 nitrogen and oxygen atoms in total. The molecule has 1 aromatic carbocycles. The summed E-state index contributed by atoms with van der Waals surface area (Å²) in [6.07, 6.45) is 0.679. The predicted octanol–water partition coefficient (Wildman–Crippen LogP) is 1.37. The third kappa shape index (κ3) is 4.16. The predicted molar refractivity (Wildman–Crippen MR) is 76.5 cm³/mol. The zero-order valence-corrected chi connectivity index (χ0v) is 11.4. The summed E-state index contributed by atoms with van der Waals surface area (Å²) in [5.41, 5.74) is 2.53. The zero-order chi connectivity index (χ0) is 13.7. The Morgan fingerprint density at radius 2 is 1.84 bits per heavy atom. The molecule has 0 amide bonds. The highest BCUT2D eigenvalue weighted by atomic mass is 15.2. The van der Waals surface area contributed by atoms with Crippen molar-refractivity contribution in [3.05, 3.63) is 35.4 Å². The van der Waals surface area contributed by atoms with Gasteiger partial charge in [0.2, 0.25) is 0 Å². The van der Waals surface area contributed by atoms with Gasteiger partial charge in [-0.05, 0) is 24.7 Å². The lowest BCUT2D eigenvalue weighted by atomic mass is 10.1. The van der Waals surface area contributed by atoms with E-state index in [-0.39, 0.29) is 0 Å². The van der Waals surface area contributed by atoms with E-state index in [2.05, 4.69) is 22.9 Å². The van der Waals surface area contributed by atoms with Crippen LogP contribution in [0.15, 0.2) is 24.3 Å². The van der Waals surface area contributed by atoms with Gasteiger partial charge < -0.3 is 10.3 Å².